The molecule has 126 valence electrons. The van der Waals surface area contributed by atoms with Gasteiger partial charge in [-0.3, -0.25) is 0 Å². The minimum Gasteiger partial charge on any atom is -0.360 e. The van der Waals surface area contributed by atoms with Crippen molar-refractivity contribution in [3.8, 4) is 0 Å². The molecule has 1 saturated heterocycles. The van der Waals surface area contributed by atoms with Crippen LogP contribution in [0.4, 0.5) is 0 Å². The molecule has 0 amide bonds. The number of aryl methyl sites for hydroxylation is 3. The van der Waals surface area contributed by atoms with E-state index in [1.54, 1.807) is 29.5 Å². The Morgan fingerprint density at radius 2 is 2.04 bits per heavy atom. The Labute approximate surface area is 141 Å². The van der Waals surface area contributed by atoms with E-state index < -0.39 is 10.0 Å². The molecule has 3 rings (SSSR count). The molecule has 2 aromatic rings. The molecular weight excluding hydrogens is 332 g/mol. The van der Waals surface area contributed by atoms with Crippen molar-refractivity contribution >= 4 is 21.4 Å². The molecule has 5 nitrogen and oxygen atoms in total. The first-order valence-corrected chi connectivity index (χ1v) is 10.2. The zero-order valence-corrected chi connectivity index (χ0v) is 15.3. The molecule has 1 atom stereocenters. The van der Waals surface area contributed by atoms with Gasteiger partial charge in [0.1, 0.15) is 10.6 Å². The number of rotatable bonds is 3. The molecule has 0 N–H and O–H groups in total. The standard InChI is InChI=1S/C16H22N2O3S2/c1-11-8-10-22-15(11)14-7-5-4-6-9-18(14)23(19,20)16-12(2)17-21-13(16)3/h8,10,14H,4-7,9H2,1-3H3/t14-/m1/s1. The lowest BCUT2D eigenvalue weighted by Crippen LogP contribution is -2.35. The molecule has 0 unspecified atom stereocenters. The van der Waals surface area contributed by atoms with Gasteiger partial charge in [-0.15, -0.1) is 11.3 Å². The zero-order chi connectivity index (χ0) is 16.6. The number of nitrogens with zero attached hydrogens (tertiary/aromatic N) is 2. The fraction of sp³-hybridized carbons (Fsp3) is 0.562. The number of aromatic nitrogens is 1. The van der Waals surface area contributed by atoms with Crippen LogP contribution in [0.3, 0.4) is 0 Å². The number of hydrogen-bond donors (Lipinski definition) is 0. The summed E-state index contributed by atoms with van der Waals surface area (Å²) in [5.74, 6) is 0.369. The Balaban J connectivity index is 2.08. The van der Waals surface area contributed by atoms with Crippen molar-refractivity contribution in [1.82, 2.24) is 9.46 Å². The fourth-order valence-corrected chi connectivity index (χ4v) is 6.42. The smallest absolute Gasteiger partial charge is 0.249 e. The third-order valence-corrected chi connectivity index (χ3v) is 7.72. The van der Waals surface area contributed by atoms with Crippen LogP contribution in [0.25, 0.3) is 0 Å². The first-order valence-electron chi connectivity index (χ1n) is 7.91. The van der Waals surface area contributed by atoms with Gasteiger partial charge in [0.2, 0.25) is 10.0 Å². The van der Waals surface area contributed by atoms with Crippen LogP contribution < -0.4 is 0 Å². The lowest BCUT2D eigenvalue weighted by atomic mass is 10.1. The highest BCUT2D eigenvalue weighted by molar-refractivity contribution is 7.89. The third-order valence-electron chi connectivity index (χ3n) is 4.44. The van der Waals surface area contributed by atoms with Crippen molar-refractivity contribution in [3.63, 3.8) is 0 Å². The van der Waals surface area contributed by atoms with Crippen molar-refractivity contribution < 1.29 is 12.9 Å². The fourth-order valence-electron chi connectivity index (χ4n) is 3.32. The second kappa shape index (κ2) is 6.37. The van der Waals surface area contributed by atoms with Crippen LogP contribution in [0.15, 0.2) is 20.9 Å². The summed E-state index contributed by atoms with van der Waals surface area (Å²) < 4.78 is 33.4. The maximum absolute atomic E-state index is 13.3. The Morgan fingerprint density at radius 1 is 1.26 bits per heavy atom. The first-order chi connectivity index (χ1) is 10.9. The van der Waals surface area contributed by atoms with Crippen molar-refractivity contribution in [1.29, 1.82) is 0 Å². The number of hydrogen-bond acceptors (Lipinski definition) is 5. The van der Waals surface area contributed by atoms with E-state index in [0.29, 0.717) is 18.0 Å². The quantitative estimate of drug-likeness (QED) is 0.837. The minimum atomic E-state index is -3.61. The van der Waals surface area contributed by atoms with Crippen LogP contribution in [-0.4, -0.2) is 24.4 Å². The molecule has 0 spiro atoms. The van der Waals surface area contributed by atoms with E-state index >= 15 is 0 Å². The van der Waals surface area contributed by atoms with Gasteiger partial charge < -0.3 is 4.52 Å². The predicted octanol–water partition coefficient (Wildman–Crippen LogP) is 3.97. The van der Waals surface area contributed by atoms with Gasteiger partial charge in [0, 0.05) is 11.4 Å². The van der Waals surface area contributed by atoms with E-state index in [9.17, 15) is 8.42 Å². The molecule has 0 aromatic carbocycles. The molecule has 0 saturated carbocycles. The van der Waals surface area contributed by atoms with Crippen molar-refractivity contribution in [2.75, 3.05) is 6.54 Å². The Bertz CT molecular complexity index is 773. The highest BCUT2D eigenvalue weighted by atomic mass is 32.2. The predicted molar refractivity (Wildman–Crippen MR) is 90.1 cm³/mol. The van der Waals surface area contributed by atoms with Crippen molar-refractivity contribution in [2.24, 2.45) is 0 Å². The summed E-state index contributed by atoms with van der Waals surface area (Å²) in [6.45, 7) is 5.95. The van der Waals surface area contributed by atoms with E-state index in [4.69, 9.17) is 4.52 Å². The summed E-state index contributed by atoms with van der Waals surface area (Å²) in [5.41, 5.74) is 1.61. The maximum atomic E-state index is 13.3. The summed E-state index contributed by atoms with van der Waals surface area (Å²) in [4.78, 5) is 1.39. The molecule has 1 aliphatic rings. The average Bonchev–Trinajstić information content (AvgIpc) is 2.96. The SMILES string of the molecule is Cc1ccsc1[C@H]1CCCCCN1S(=O)(=O)c1c(C)noc1C. The van der Waals surface area contributed by atoms with Crippen LogP contribution in [0.1, 0.15) is 53.6 Å². The van der Waals surface area contributed by atoms with Crippen LogP contribution in [0.2, 0.25) is 0 Å². The van der Waals surface area contributed by atoms with E-state index in [1.165, 1.54) is 5.56 Å². The van der Waals surface area contributed by atoms with Gasteiger partial charge in [0.05, 0.1) is 6.04 Å². The van der Waals surface area contributed by atoms with Crippen LogP contribution >= 0.6 is 11.3 Å². The van der Waals surface area contributed by atoms with Gasteiger partial charge in [-0.25, -0.2) is 8.42 Å². The van der Waals surface area contributed by atoms with Crippen molar-refractivity contribution in [2.45, 2.75) is 57.4 Å². The highest BCUT2D eigenvalue weighted by Crippen LogP contribution is 2.39. The molecular formula is C16H22N2O3S2. The van der Waals surface area contributed by atoms with Gasteiger partial charge in [-0.05, 0) is 50.6 Å². The topological polar surface area (TPSA) is 63.4 Å². The normalized spacial score (nSPS) is 20.6. The van der Waals surface area contributed by atoms with Gasteiger partial charge in [-0.1, -0.05) is 18.0 Å². The molecule has 0 aliphatic carbocycles. The molecule has 2 aromatic heterocycles. The summed E-state index contributed by atoms with van der Waals surface area (Å²) in [7, 11) is -3.61. The lowest BCUT2D eigenvalue weighted by molar-refractivity contribution is 0.331. The van der Waals surface area contributed by atoms with Gasteiger partial charge in [0.15, 0.2) is 5.76 Å². The molecule has 1 aliphatic heterocycles. The second-order valence-electron chi connectivity index (χ2n) is 6.10. The van der Waals surface area contributed by atoms with Crippen molar-refractivity contribution in [3.05, 3.63) is 33.3 Å². The van der Waals surface area contributed by atoms with Crippen LogP contribution in [-0.2, 0) is 10.0 Å². The molecule has 0 bridgehead atoms. The molecule has 7 heteroatoms. The largest absolute Gasteiger partial charge is 0.360 e. The lowest BCUT2D eigenvalue weighted by Gasteiger charge is -2.29. The summed E-state index contributed by atoms with van der Waals surface area (Å²) in [5, 5.41) is 5.87. The molecule has 3 heterocycles. The number of sulfonamides is 1. The Hall–Kier alpha value is -1.18. The highest BCUT2D eigenvalue weighted by Gasteiger charge is 2.37. The molecule has 1 fully saturated rings. The van der Waals surface area contributed by atoms with Gasteiger partial charge in [0.25, 0.3) is 0 Å². The maximum Gasteiger partial charge on any atom is 0.249 e. The zero-order valence-electron chi connectivity index (χ0n) is 13.7. The third kappa shape index (κ3) is 2.97. The summed E-state index contributed by atoms with van der Waals surface area (Å²) in [6.07, 6.45) is 3.87. The average molecular weight is 354 g/mol. The molecule has 23 heavy (non-hydrogen) atoms. The number of thiophene rings is 1. The first kappa shape index (κ1) is 16.7. The Morgan fingerprint density at radius 3 is 2.65 bits per heavy atom. The van der Waals surface area contributed by atoms with E-state index in [-0.39, 0.29) is 10.9 Å². The van der Waals surface area contributed by atoms with Gasteiger partial charge >= 0.3 is 0 Å². The van der Waals surface area contributed by atoms with E-state index in [0.717, 1.165) is 30.6 Å². The molecule has 0 radical (unpaired) electrons. The minimum absolute atomic E-state index is 0.0869. The Kier molecular flexibility index (Phi) is 4.62. The van der Waals surface area contributed by atoms with Crippen LogP contribution in [0.5, 0.6) is 0 Å². The van der Waals surface area contributed by atoms with E-state index in [1.807, 2.05) is 5.38 Å². The summed E-state index contributed by atoms with van der Waals surface area (Å²) >= 11 is 1.65. The monoisotopic (exact) mass is 354 g/mol. The van der Waals surface area contributed by atoms with Gasteiger partial charge in [-0.2, -0.15) is 4.31 Å². The second-order valence-corrected chi connectivity index (χ2v) is 8.88. The summed E-state index contributed by atoms with van der Waals surface area (Å²) in [6, 6.07) is 1.97. The van der Waals surface area contributed by atoms with Crippen LogP contribution in [0, 0.1) is 20.8 Å². The van der Waals surface area contributed by atoms with E-state index in [2.05, 4.69) is 18.1 Å².